The summed E-state index contributed by atoms with van der Waals surface area (Å²) in [4.78, 5) is 38.3. The first-order valence-corrected chi connectivity index (χ1v) is 33.0. The van der Waals surface area contributed by atoms with E-state index >= 15 is 0 Å². The van der Waals surface area contributed by atoms with Gasteiger partial charge in [0.15, 0.2) is 6.10 Å². The third kappa shape index (κ3) is 64.5. The van der Waals surface area contributed by atoms with Crippen LogP contribution in [0, 0.1) is 0 Å². The van der Waals surface area contributed by atoms with Gasteiger partial charge in [0.1, 0.15) is 13.2 Å². The first kappa shape index (κ1) is 74.8. The van der Waals surface area contributed by atoms with Gasteiger partial charge < -0.3 is 14.2 Å². The van der Waals surface area contributed by atoms with Crippen molar-refractivity contribution in [3.8, 4) is 0 Å². The van der Waals surface area contributed by atoms with Crippen LogP contribution in [0.1, 0.15) is 303 Å². The van der Waals surface area contributed by atoms with Gasteiger partial charge in [-0.25, -0.2) is 0 Å². The van der Waals surface area contributed by atoms with Crippen molar-refractivity contribution < 1.29 is 28.6 Å². The van der Waals surface area contributed by atoms with E-state index in [-0.39, 0.29) is 31.1 Å². The topological polar surface area (TPSA) is 78.9 Å². The Hall–Kier alpha value is -4.19. The van der Waals surface area contributed by atoms with E-state index in [4.69, 9.17) is 14.2 Å². The SMILES string of the molecule is CC/C=C\C/C=C\C/C=C\C/C=C\C/C=C\C/C=C\C/C=C\C/C=C\CCCCCCC(=O)OCC(COC(=O)CCCCCCCCCCCCCCC)OC(=O)CCCCCCCCCCC/C=C\C/C=C\CCCCC. The fourth-order valence-corrected chi connectivity index (χ4v) is 9.02. The monoisotopic (exact) mass is 1090 g/mol. The van der Waals surface area contributed by atoms with Crippen LogP contribution >= 0.6 is 0 Å². The predicted molar refractivity (Wildman–Crippen MR) is 343 cm³/mol. The van der Waals surface area contributed by atoms with Gasteiger partial charge in [-0.1, -0.05) is 290 Å². The average Bonchev–Trinajstić information content (AvgIpc) is 3.45. The highest BCUT2D eigenvalue weighted by Crippen LogP contribution is 2.16. The van der Waals surface area contributed by atoms with Crippen LogP contribution in [0.25, 0.3) is 0 Å². The third-order valence-corrected chi connectivity index (χ3v) is 14.0. The molecule has 0 aliphatic heterocycles. The molecule has 0 aliphatic carbocycles. The number of hydrogen-bond acceptors (Lipinski definition) is 6. The molecule has 1 atom stereocenters. The molecule has 0 radical (unpaired) electrons. The van der Waals surface area contributed by atoms with E-state index in [9.17, 15) is 14.4 Å². The summed E-state index contributed by atoms with van der Waals surface area (Å²) in [5.74, 6) is -0.910. The largest absolute Gasteiger partial charge is 0.462 e. The van der Waals surface area contributed by atoms with Crippen molar-refractivity contribution in [2.75, 3.05) is 13.2 Å². The number of unbranched alkanes of at least 4 members (excludes halogenated alkanes) is 28. The minimum Gasteiger partial charge on any atom is -0.462 e. The molecule has 0 spiro atoms. The van der Waals surface area contributed by atoms with Crippen LogP contribution in [0.3, 0.4) is 0 Å². The lowest BCUT2D eigenvalue weighted by atomic mass is 10.0. The van der Waals surface area contributed by atoms with Gasteiger partial charge in [-0.3, -0.25) is 14.4 Å². The Morgan fingerprint density at radius 1 is 0.266 bits per heavy atom. The van der Waals surface area contributed by atoms with Crippen LogP contribution < -0.4 is 0 Å². The summed E-state index contributed by atoms with van der Waals surface area (Å²) < 4.78 is 16.9. The maximum absolute atomic E-state index is 12.9. The highest BCUT2D eigenvalue weighted by Gasteiger charge is 2.19. The molecular formula is C73H122O6. The zero-order chi connectivity index (χ0) is 57.1. The van der Waals surface area contributed by atoms with E-state index in [1.807, 2.05) is 0 Å². The number of carbonyl (C=O) groups is 3. The van der Waals surface area contributed by atoms with Gasteiger partial charge >= 0.3 is 17.9 Å². The lowest BCUT2D eigenvalue weighted by molar-refractivity contribution is -0.167. The van der Waals surface area contributed by atoms with Crippen LogP contribution in [0.15, 0.2) is 122 Å². The van der Waals surface area contributed by atoms with E-state index < -0.39 is 6.10 Å². The van der Waals surface area contributed by atoms with Crippen molar-refractivity contribution in [2.24, 2.45) is 0 Å². The van der Waals surface area contributed by atoms with Gasteiger partial charge in [0.2, 0.25) is 0 Å². The van der Waals surface area contributed by atoms with E-state index in [2.05, 4.69) is 142 Å². The fraction of sp³-hybridized carbons (Fsp3) is 0.685. The highest BCUT2D eigenvalue weighted by atomic mass is 16.6. The van der Waals surface area contributed by atoms with Gasteiger partial charge in [-0.2, -0.15) is 0 Å². The number of esters is 3. The molecule has 0 saturated heterocycles. The quantitative estimate of drug-likeness (QED) is 0.0261. The maximum atomic E-state index is 12.9. The maximum Gasteiger partial charge on any atom is 0.306 e. The summed E-state index contributed by atoms with van der Waals surface area (Å²) in [7, 11) is 0. The molecule has 6 heteroatoms. The zero-order valence-corrected chi connectivity index (χ0v) is 51.6. The Morgan fingerprint density at radius 2 is 0.494 bits per heavy atom. The summed E-state index contributed by atoms with van der Waals surface area (Å²) in [6, 6.07) is 0. The molecule has 0 bridgehead atoms. The first-order valence-electron chi connectivity index (χ1n) is 33.0. The molecular weight excluding hydrogens is 973 g/mol. The van der Waals surface area contributed by atoms with Crippen molar-refractivity contribution in [1.82, 2.24) is 0 Å². The molecule has 0 fully saturated rings. The summed E-state index contributed by atoms with van der Waals surface area (Å²) in [6.07, 6.45) is 92.0. The zero-order valence-electron chi connectivity index (χ0n) is 51.6. The van der Waals surface area contributed by atoms with E-state index in [0.717, 1.165) is 128 Å². The summed E-state index contributed by atoms with van der Waals surface area (Å²) in [6.45, 7) is 6.50. The molecule has 0 amide bonds. The molecule has 450 valence electrons. The van der Waals surface area contributed by atoms with Gasteiger partial charge in [0.05, 0.1) is 0 Å². The van der Waals surface area contributed by atoms with Crippen molar-refractivity contribution in [3.05, 3.63) is 122 Å². The van der Waals surface area contributed by atoms with Gasteiger partial charge in [0, 0.05) is 19.3 Å². The number of hydrogen-bond donors (Lipinski definition) is 0. The number of allylic oxidation sites excluding steroid dienone is 20. The third-order valence-electron chi connectivity index (χ3n) is 14.0. The van der Waals surface area contributed by atoms with Crippen molar-refractivity contribution in [2.45, 2.75) is 309 Å². The summed E-state index contributed by atoms with van der Waals surface area (Å²) >= 11 is 0. The normalized spacial score (nSPS) is 12.9. The molecule has 0 aliphatic rings. The van der Waals surface area contributed by atoms with E-state index in [1.54, 1.807) is 0 Å². The Balaban J connectivity index is 4.38. The molecule has 0 aromatic heterocycles. The number of ether oxygens (including phenoxy) is 3. The average molecular weight is 1100 g/mol. The van der Waals surface area contributed by atoms with Gasteiger partial charge in [-0.05, 0) is 116 Å². The van der Waals surface area contributed by atoms with Crippen molar-refractivity contribution in [1.29, 1.82) is 0 Å². The fourth-order valence-electron chi connectivity index (χ4n) is 9.02. The summed E-state index contributed by atoms with van der Waals surface area (Å²) in [5, 5.41) is 0. The Morgan fingerprint density at radius 3 is 0.797 bits per heavy atom. The highest BCUT2D eigenvalue weighted by molar-refractivity contribution is 5.71. The van der Waals surface area contributed by atoms with E-state index in [1.165, 1.54) is 135 Å². The molecule has 79 heavy (non-hydrogen) atoms. The van der Waals surface area contributed by atoms with Crippen LogP contribution in [0.2, 0.25) is 0 Å². The molecule has 0 N–H and O–H groups in total. The molecule has 0 saturated carbocycles. The van der Waals surface area contributed by atoms with Gasteiger partial charge in [-0.15, -0.1) is 0 Å². The Kier molecular flexibility index (Phi) is 62.8. The molecule has 0 aromatic carbocycles. The summed E-state index contributed by atoms with van der Waals surface area (Å²) in [5.41, 5.74) is 0. The van der Waals surface area contributed by atoms with Gasteiger partial charge in [0.25, 0.3) is 0 Å². The minimum atomic E-state index is -0.794. The first-order chi connectivity index (χ1) is 39.0. The van der Waals surface area contributed by atoms with Crippen LogP contribution in [0.5, 0.6) is 0 Å². The van der Waals surface area contributed by atoms with Crippen LogP contribution in [-0.2, 0) is 28.6 Å². The number of carbonyl (C=O) groups excluding carboxylic acids is 3. The molecule has 0 rings (SSSR count). The smallest absolute Gasteiger partial charge is 0.306 e. The molecule has 6 nitrogen and oxygen atoms in total. The van der Waals surface area contributed by atoms with E-state index in [0.29, 0.717) is 19.3 Å². The second-order valence-corrected chi connectivity index (χ2v) is 21.6. The standard InChI is InChI=1S/C73H122O6/c1-4-7-10-13-16-19-22-25-27-29-31-32-33-34-35-36-37-38-39-40-42-43-45-48-51-54-57-60-63-66-72(75)78-69-70(68-77-71(74)65-62-59-56-53-50-47-24-21-18-15-12-9-6-3)79-73(76)67-64-61-58-55-52-49-46-44-41-30-28-26-23-20-17-14-11-8-5-2/h7,10,16-17,19-20,25-28,31-32,34-35,37-38,40,42,45,48,70H,4-6,8-9,11-15,18,21-24,29-30,33,36,39,41,43-44,46-47,49-69H2,1-3H3/b10-7-,19-16-,20-17-,27-25-,28-26-,32-31-,35-34-,38-37-,42-40-,48-45-. The number of rotatable bonds is 59. The van der Waals surface area contributed by atoms with Crippen molar-refractivity contribution in [3.63, 3.8) is 0 Å². The second-order valence-electron chi connectivity index (χ2n) is 21.6. The minimum absolute atomic E-state index is 0.0874. The molecule has 0 aromatic rings. The predicted octanol–water partition coefficient (Wildman–Crippen LogP) is 22.8. The van der Waals surface area contributed by atoms with Crippen LogP contribution in [-0.4, -0.2) is 37.2 Å². The Labute approximate surface area is 488 Å². The Bertz CT molecular complexity index is 1640. The molecule has 0 heterocycles. The lowest BCUT2D eigenvalue weighted by Crippen LogP contribution is -2.30. The lowest BCUT2D eigenvalue weighted by Gasteiger charge is -2.18. The molecule has 1 unspecified atom stereocenters. The second kappa shape index (κ2) is 66.3. The van der Waals surface area contributed by atoms with Crippen LogP contribution in [0.4, 0.5) is 0 Å². The van der Waals surface area contributed by atoms with Crippen molar-refractivity contribution >= 4 is 17.9 Å².